The van der Waals surface area contributed by atoms with Crippen LogP contribution in [0, 0.1) is 6.92 Å². The Morgan fingerprint density at radius 3 is 2.62 bits per heavy atom. The third-order valence-corrected chi connectivity index (χ3v) is 3.79. The van der Waals surface area contributed by atoms with Gasteiger partial charge in [-0.2, -0.15) is 0 Å². The molecule has 0 saturated carbocycles. The van der Waals surface area contributed by atoms with Crippen LogP contribution in [-0.4, -0.2) is 27.4 Å². The molecule has 3 rings (SSSR count). The van der Waals surface area contributed by atoms with E-state index in [9.17, 15) is 4.79 Å². The molecule has 6 heteroatoms. The number of amides is 1. The minimum absolute atomic E-state index is 0.202. The van der Waals surface area contributed by atoms with E-state index in [0.717, 1.165) is 12.1 Å². The molecule has 0 fully saturated rings. The molecule has 0 radical (unpaired) electrons. The second-order valence-electron chi connectivity index (χ2n) is 5.85. The molecule has 1 aromatic carbocycles. The Hall–Kier alpha value is -3.28. The summed E-state index contributed by atoms with van der Waals surface area (Å²) < 4.78 is 0. The summed E-state index contributed by atoms with van der Waals surface area (Å²) in [6, 6.07) is 17.4. The van der Waals surface area contributed by atoms with E-state index in [4.69, 9.17) is 0 Å². The van der Waals surface area contributed by atoms with Crippen molar-refractivity contribution in [1.82, 2.24) is 20.3 Å². The number of nitrogens with zero attached hydrogens (tertiary/aromatic N) is 3. The molecule has 6 nitrogen and oxygen atoms in total. The Morgan fingerprint density at radius 1 is 1.04 bits per heavy atom. The fourth-order valence-electron chi connectivity index (χ4n) is 2.51. The summed E-state index contributed by atoms with van der Waals surface area (Å²) in [5.74, 6) is 0.952. The number of hydrogen-bond acceptors (Lipinski definition) is 5. The molecule has 0 atom stereocenters. The van der Waals surface area contributed by atoms with E-state index in [1.165, 1.54) is 5.56 Å². The molecule has 132 valence electrons. The van der Waals surface area contributed by atoms with Crippen LogP contribution in [-0.2, 0) is 13.0 Å². The molecule has 0 spiro atoms. The minimum Gasteiger partial charge on any atom is -0.364 e. The molecule has 0 aliphatic carbocycles. The molecule has 2 N–H and O–H groups in total. The van der Waals surface area contributed by atoms with Gasteiger partial charge in [0.2, 0.25) is 0 Å². The lowest BCUT2D eigenvalue weighted by Crippen LogP contribution is -2.27. The van der Waals surface area contributed by atoms with Crippen molar-refractivity contribution >= 4 is 11.7 Å². The molecule has 0 aliphatic heterocycles. The minimum atomic E-state index is -0.202. The standard InChI is InChI=1S/C20H21N5O/c1-15-24-18(20(26)22-12-10-16-7-3-2-4-8-16)13-19(25-15)23-14-17-9-5-6-11-21-17/h2-9,11,13H,10,12,14H2,1H3,(H,22,26)(H,23,24,25). The number of aryl methyl sites for hydroxylation is 1. The van der Waals surface area contributed by atoms with E-state index in [1.54, 1.807) is 19.2 Å². The van der Waals surface area contributed by atoms with Crippen molar-refractivity contribution in [3.63, 3.8) is 0 Å². The molecule has 0 saturated heterocycles. The van der Waals surface area contributed by atoms with E-state index < -0.39 is 0 Å². The third-order valence-electron chi connectivity index (χ3n) is 3.79. The summed E-state index contributed by atoms with van der Waals surface area (Å²) in [6.07, 6.45) is 2.52. The first-order valence-electron chi connectivity index (χ1n) is 8.52. The van der Waals surface area contributed by atoms with Crippen molar-refractivity contribution in [2.24, 2.45) is 0 Å². The van der Waals surface area contributed by atoms with Crippen LogP contribution in [0.1, 0.15) is 27.6 Å². The first-order valence-corrected chi connectivity index (χ1v) is 8.52. The summed E-state index contributed by atoms with van der Waals surface area (Å²) in [5.41, 5.74) is 2.44. The zero-order valence-corrected chi connectivity index (χ0v) is 14.6. The maximum Gasteiger partial charge on any atom is 0.270 e. The number of aromatic nitrogens is 3. The van der Waals surface area contributed by atoms with Crippen LogP contribution in [0.5, 0.6) is 0 Å². The summed E-state index contributed by atoms with van der Waals surface area (Å²) in [6.45, 7) is 2.86. The maximum absolute atomic E-state index is 12.4. The van der Waals surface area contributed by atoms with Gasteiger partial charge in [-0.3, -0.25) is 9.78 Å². The predicted molar refractivity (Wildman–Crippen MR) is 101 cm³/mol. The van der Waals surface area contributed by atoms with E-state index in [1.807, 2.05) is 48.5 Å². The predicted octanol–water partition coefficient (Wildman–Crippen LogP) is 2.76. The van der Waals surface area contributed by atoms with Gasteiger partial charge in [0, 0.05) is 18.8 Å². The lowest BCUT2D eigenvalue weighted by molar-refractivity contribution is 0.0949. The van der Waals surface area contributed by atoms with E-state index >= 15 is 0 Å². The van der Waals surface area contributed by atoms with Crippen molar-refractivity contribution in [3.8, 4) is 0 Å². The van der Waals surface area contributed by atoms with Crippen LogP contribution < -0.4 is 10.6 Å². The van der Waals surface area contributed by atoms with Gasteiger partial charge in [0.15, 0.2) is 0 Å². The number of carbonyl (C=O) groups is 1. The topological polar surface area (TPSA) is 79.8 Å². The number of nitrogens with one attached hydrogen (secondary N) is 2. The quantitative estimate of drug-likeness (QED) is 0.687. The zero-order chi connectivity index (χ0) is 18.2. The maximum atomic E-state index is 12.4. The third kappa shape index (κ3) is 5.11. The normalized spacial score (nSPS) is 10.3. The lowest BCUT2D eigenvalue weighted by Gasteiger charge is -2.09. The highest BCUT2D eigenvalue weighted by molar-refractivity contribution is 5.92. The van der Waals surface area contributed by atoms with Crippen LogP contribution in [0.25, 0.3) is 0 Å². The number of benzene rings is 1. The number of anilines is 1. The van der Waals surface area contributed by atoms with Crippen LogP contribution >= 0.6 is 0 Å². The van der Waals surface area contributed by atoms with Gasteiger partial charge in [-0.15, -0.1) is 0 Å². The van der Waals surface area contributed by atoms with Crippen molar-refractivity contribution in [2.45, 2.75) is 19.9 Å². The number of rotatable bonds is 7. The smallest absolute Gasteiger partial charge is 0.270 e. The van der Waals surface area contributed by atoms with Crippen LogP contribution in [0.3, 0.4) is 0 Å². The molecule has 2 aromatic heterocycles. The van der Waals surface area contributed by atoms with Gasteiger partial charge in [0.05, 0.1) is 12.2 Å². The molecular weight excluding hydrogens is 326 g/mol. The Morgan fingerprint density at radius 2 is 1.85 bits per heavy atom. The molecule has 0 aliphatic rings. The highest BCUT2D eigenvalue weighted by Crippen LogP contribution is 2.08. The Bertz CT molecular complexity index is 853. The molecule has 26 heavy (non-hydrogen) atoms. The number of hydrogen-bond donors (Lipinski definition) is 2. The van der Waals surface area contributed by atoms with Gasteiger partial charge in [-0.05, 0) is 31.0 Å². The fraction of sp³-hybridized carbons (Fsp3) is 0.200. The SMILES string of the molecule is Cc1nc(NCc2ccccn2)cc(C(=O)NCCc2ccccc2)n1. The Kier molecular flexibility index (Phi) is 5.88. The summed E-state index contributed by atoms with van der Waals surface area (Å²) in [5, 5.41) is 6.09. The van der Waals surface area contributed by atoms with E-state index in [0.29, 0.717) is 30.4 Å². The summed E-state index contributed by atoms with van der Waals surface area (Å²) >= 11 is 0. The average Bonchev–Trinajstić information content (AvgIpc) is 2.67. The molecule has 0 unspecified atom stereocenters. The van der Waals surface area contributed by atoms with Crippen LogP contribution in [0.2, 0.25) is 0 Å². The van der Waals surface area contributed by atoms with Gasteiger partial charge in [-0.25, -0.2) is 9.97 Å². The molecule has 2 heterocycles. The van der Waals surface area contributed by atoms with Gasteiger partial charge < -0.3 is 10.6 Å². The number of pyridine rings is 1. The summed E-state index contributed by atoms with van der Waals surface area (Å²) in [4.78, 5) is 25.2. The monoisotopic (exact) mass is 347 g/mol. The van der Waals surface area contributed by atoms with Crippen molar-refractivity contribution < 1.29 is 4.79 Å². The highest BCUT2D eigenvalue weighted by Gasteiger charge is 2.10. The molecule has 3 aromatic rings. The average molecular weight is 347 g/mol. The molecular formula is C20H21N5O. The van der Waals surface area contributed by atoms with Crippen LogP contribution in [0.15, 0.2) is 60.8 Å². The molecule has 0 bridgehead atoms. The summed E-state index contributed by atoms with van der Waals surface area (Å²) in [7, 11) is 0. The van der Waals surface area contributed by atoms with E-state index in [2.05, 4.69) is 25.6 Å². The second kappa shape index (κ2) is 8.71. The van der Waals surface area contributed by atoms with Crippen molar-refractivity contribution in [3.05, 3.63) is 83.6 Å². The molecule has 1 amide bonds. The van der Waals surface area contributed by atoms with Crippen LogP contribution in [0.4, 0.5) is 5.82 Å². The van der Waals surface area contributed by atoms with Gasteiger partial charge in [0.1, 0.15) is 17.3 Å². The van der Waals surface area contributed by atoms with Crippen molar-refractivity contribution in [1.29, 1.82) is 0 Å². The van der Waals surface area contributed by atoms with Gasteiger partial charge in [-0.1, -0.05) is 36.4 Å². The first kappa shape index (κ1) is 17.5. The fourth-order valence-corrected chi connectivity index (χ4v) is 2.51. The lowest BCUT2D eigenvalue weighted by atomic mass is 10.1. The number of carbonyl (C=O) groups excluding carboxylic acids is 1. The van der Waals surface area contributed by atoms with Gasteiger partial charge in [0.25, 0.3) is 5.91 Å². The Labute approximate surface area is 152 Å². The van der Waals surface area contributed by atoms with Crippen molar-refractivity contribution in [2.75, 3.05) is 11.9 Å². The second-order valence-corrected chi connectivity index (χ2v) is 5.85. The highest BCUT2D eigenvalue weighted by atomic mass is 16.1. The van der Waals surface area contributed by atoms with E-state index in [-0.39, 0.29) is 5.91 Å². The van der Waals surface area contributed by atoms with Gasteiger partial charge >= 0.3 is 0 Å². The zero-order valence-electron chi connectivity index (χ0n) is 14.6. The largest absolute Gasteiger partial charge is 0.364 e. The first-order chi connectivity index (χ1) is 12.7. The Balaban J connectivity index is 1.58.